The normalized spacial score (nSPS) is 21.5. The maximum Gasteiger partial charge on any atom is 0.410 e. The van der Waals surface area contributed by atoms with E-state index in [0.717, 1.165) is 12.7 Å². The largest absolute Gasteiger partial charge is 0.468 e. The van der Waals surface area contributed by atoms with E-state index in [4.69, 9.17) is 9.16 Å². The van der Waals surface area contributed by atoms with E-state index in [-0.39, 0.29) is 30.8 Å². The minimum Gasteiger partial charge on any atom is -0.468 e. The van der Waals surface area contributed by atoms with Gasteiger partial charge in [0.05, 0.1) is 19.3 Å². The van der Waals surface area contributed by atoms with Crippen LogP contribution in [0, 0.1) is 0 Å². The summed E-state index contributed by atoms with van der Waals surface area (Å²) in [5.41, 5.74) is -0.0731. The Kier molecular flexibility index (Phi) is 9.54. The van der Waals surface area contributed by atoms with Gasteiger partial charge in [-0.15, -0.1) is 0 Å². The lowest BCUT2D eigenvalue weighted by Gasteiger charge is -2.47. The van der Waals surface area contributed by atoms with Gasteiger partial charge in [0.25, 0.3) is 0 Å². The summed E-state index contributed by atoms with van der Waals surface area (Å²) in [5, 5.41) is -0.0629. The third kappa shape index (κ3) is 8.30. The molecule has 1 fully saturated rings. The number of rotatable bonds is 9. The number of hydrogen-bond acceptors (Lipinski definition) is 7. The van der Waals surface area contributed by atoms with Crippen molar-refractivity contribution in [2.24, 2.45) is 0 Å². The summed E-state index contributed by atoms with van der Waals surface area (Å²) in [5.74, 6) is -1.62. The summed E-state index contributed by atoms with van der Waals surface area (Å²) >= 11 is 0. The van der Waals surface area contributed by atoms with Crippen LogP contribution >= 0.6 is 0 Å². The quantitative estimate of drug-likeness (QED) is 0.385. The minimum absolute atomic E-state index is 0.0629. The topological polar surface area (TPSA) is 111 Å². The first-order chi connectivity index (χ1) is 16.1. The van der Waals surface area contributed by atoms with Crippen LogP contribution in [0.25, 0.3) is 0 Å². The Morgan fingerprint density at radius 3 is 2.37 bits per heavy atom. The SMILES string of the molecule is COC(=O)CS(=O)(=O)NC1(CO[Si](C)(C)C(C)(C)C)CCN(C(=O)OCc2ccccc2)C(C)C1. The molecule has 11 heteroatoms. The number of carbonyl (C=O) groups excluding carboxylic acids is 2. The molecule has 1 heterocycles. The van der Waals surface area contributed by atoms with E-state index in [0.29, 0.717) is 12.8 Å². The summed E-state index contributed by atoms with van der Waals surface area (Å²) in [4.78, 5) is 26.1. The molecular weight excluding hydrogens is 488 g/mol. The molecule has 2 atom stereocenters. The number of carbonyl (C=O) groups is 2. The maximum absolute atomic E-state index is 12.8. The second-order valence-corrected chi connectivity index (χ2v) is 17.3. The number of nitrogens with zero attached hydrogens (tertiary/aromatic N) is 1. The molecule has 35 heavy (non-hydrogen) atoms. The van der Waals surface area contributed by atoms with Gasteiger partial charge in [0, 0.05) is 12.6 Å². The van der Waals surface area contributed by atoms with Crippen molar-refractivity contribution in [3.05, 3.63) is 35.9 Å². The average molecular weight is 529 g/mol. The fraction of sp³-hybridized carbons (Fsp3) is 0.667. The summed E-state index contributed by atoms with van der Waals surface area (Å²) < 4.78 is 44.8. The molecular formula is C24H40N2O7SSi. The van der Waals surface area contributed by atoms with E-state index < -0.39 is 41.7 Å². The van der Waals surface area contributed by atoms with Crippen LogP contribution in [0.15, 0.2) is 30.3 Å². The highest BCUT2D eigenvalue weighted by atomic mass is 32.2. The van der Waals surface area contributed by atoms with Gasteiger partial charge >= 0.3 is 12.1 Å². The van der Waals surface area contributed by atoms with Gasteiger partial charge in [0.2, 0.25) is 10.0 Å². The molecule has 0 aliphatic carbocycles. The number of benzene rings is 1. The van der Waals surface area contributed by atoms with E-state index >= 15 is 0 Å². The predicted molar refractivity (Wildman–Crippen MR) is 137 cm³/mol. The standard InChI is InChI=1S/C24H40N2O7SSi/c1-19-15-24(18-33-35(6,7)23(2,3)4,25-34(29,30)17-21(27)31-5)13-14-26(19)22(28)32-16-20-11-9-8-10-12-20/h8-12,19,25H,13-18H2,1-7H3. The Morgan fingerprint density at radius 2 is 1.83 bits per heavy atom. The second kappa shape index (κ2) is 11.4. The van der Waals surface area contributed by atoms with Crippen molar-refractivity contribution in [3.8, 4) is 0 Å². The van der Waals surface area contributed by atoms with E-state index in [2.05, 4.69) is 43.3 Å². The lowest BCUT2D eigenvalue weighted by molar-refractivity contribution is -0.137. The zero-order valence-electron chi connectivity index (χ0n) is 21.9. The molecule has 0 spiro atoms. The zero-order valence-corrected chi connectivity index (χ0v) is 23.7. The van der Waals surface area contributed by atoms with E-state index in [1.54, 1.807) is 4.90 Å². The number of ether oxygens (including phenoxy) is 2. The molecule has 198 valence electrons. The average Bonchev–Trinajstić information content (AvgIpc) is 2.75. The van der Waals surface area contributed by atoms with Gasteiger partial charge < -0.3 is 18.8 Å². The smallest absolute Gasteiger partial charge is 0.410 e. The molecule has 0 radical (unpaired) electrons. The molecule has 1 N–H and O–H groups in total. The van der Waals surface area contributed by atoms with Gasteiger partial charge in [0.15, 0.2) is 14.1 Å². The molecule has 1 amide bonds. The highest BCUT2D eigenvalue weighted by molar-refractivity contribution is 7.90. The first-order valence-electron chi connectivity index (χ1n) is 11.8. The van der Waals surface area contributed by atoms with Gasteiger partial charge in [-0.3, -0.25) is 4.79 Å². The lowest BCUT2D eigenvalue weighted by atomic mass is 9.85. The van der Waals surface area contributed by atoms with Crippen LogP contribution in [-0.4, -0.2) is 71.3 Å². The van der Waals surface area contributed by atoms with Crippen molar-refractivity contribution in [2.75, 3.05) is 26.0 Å². The van der Waals surface area contributed by atoms with Crippen LogP contribution in [0.2, 0.25) is 18.1 Å². The molecule has 0 saturated carbocycles. The monoisotopic (exact) mass is 528 g/mol. The number of amides is 1. The minimum atomic E-state index is -3.99. The molecule has 9 nitrogen and oxygen atoms in total. The van der Waals surface area contributed by atoms with Crippen LogP contribution in [0.1, 0.15) is 46.1 Å². The predicted octanol–water partition coefficient (Wildman–Crippen LogP) is 3.66. The highest BCUT2D eigenvalue weighted by Gasteiger charge is 2.46. The molecule has 0 bridgehead atoms. The molecule has 1 saturated heterocycles. The number of hydrogen-bond donors (Lipinski definition) is 1. The van der Waals surface area contributed by atoms with Crippen molar-refractivity contribution in [3.63, 3.8) is 0 Å². The molecule has 1 aliphatic rings. The number of methoxy groups -OCH3 is 1. The van der Waals surface area contributed by atoms with Crippen molar-refractivity contribution in [2.45, 2.75) is 76.9 Å². The molecule has 2 unspecified atom stereocenters. The lowest BCUT2D eigenvalue weighted by Crippen LogP contribution is -2.63. The summed E-state index contributed by atoms with van der Waals surface area (Å²) in [6.07, 6.45) is 0.201. The fourth-order valence-electron chi connectivity index (χ4n) is 3.77. The molecule has 1 aliphatic heterocycles. The van der Waals surface area contributed by atoms with Crippen LogP contribution in [-0.2, 0) is 35.3 Å². The van der Waals surface area contributed by atoms with Gasteiger partial charge in [-0.05, 0) is 43.5 Å². The van der Waals surface area contributed by atoms with Crippen LogP contribution < -0.4 is 4.72 Å². The number of nitrogens with one attached hydrogen (secondary N) is 1. The Balaban J connectivity index is 2.17. The van der Waals surface area contributed by atoms with Crippen LogP contribution in [0.3, 0.4) is 0 Å². The number of esters is 1. The van der Waals surface area contributed by atoms with E-state index in [1.165, 1.54) is 0 Å². The van der Waals surface area contributed by atoms with Crippen molar-refractivity contribution >= 4 is 30.4 Å². The van der Waals surface area contributed by atoms with Gasteiger partial charge in [-0.25, -0.2) is 17.9 Å². The van der Waals surface area contributed by atoms with Crippen molar-refractivity contribution in [1.82, 2.24) is 9.62 Å². The van der Waals surface area contributed by atoms with Gasteiger partial charge in [-0.2, -0.15) is 0 Å². The summed E-state index contributed by atoms with van der Waals surface area (Å²) in [6, 6.07) is 9.10. The second-order valence-electron chi connectivity index (χ2n) is 10.8. The number of piperidine rings is 1. The van der Waals surface area contributed by atoms with Crippen molar-refractivity contribution < 1.29 is 31.9 Å². The third-order valence-corrected chi connectivity index (χ3v) is 12.8. The Morgan fingerprint density at radius 1 is 1.20 bits per heavy atom. The first-order valence-corrected chi connectivity index (χ1v) is 16.4. The number of likely N-dealkylation sites (tertiary alicyclic amines) is 1. The van der Waals surface area contributed by atoms with E-state index in [1.807, 2.05) is 37.3 Å². The van der Waals surface area contributed by atoms with Gasteiger partial charge in [0.1, 0.15) is 6.61 Å². The first kappa shape index (κ1) is 29.3. The highest BCUT2D eigenvalue weighted by Crippen LogP contribution is 2.38. The van der Waals surface area contributed by atoms with Crippen LogP contribution in [0.4, 0.5) is 4.79 Å². The van der Waals surface area contributed by atoms with Crippen molar-refractivity contribution in [1.29, 1.82) is 0 Å². The Hall–Kier alpha value is -1.95. The zero-order chi connectivity index (χ0) is 26.5. The summed E-state index contributed by atoms with van der Waals surface area (Å²) in [6.45, 7) is 13.0. The Bertz CT molecular complexity index is 979. The maximum atomic E-state index is 12.8. The molecule has 1 aromatic rings. The Labute approximate surface area is 210 Å². The molecule has 1 aromatic carbocycles. The fourth-order valence-corrected chi connectivity index (χ4v) is 6.25. The molecule has 0 aromatic heterocycles. The molecule has 2 rings (SSSR count). The third-order valence-electron chi connectivity index (χ3n) is 6.91. The van der Waals surface area contributed by atoms with Crippen LogP contribution in [0.5, 0.6) is 0 Å². The summed E-state index contributed by atoms with van der Waals surface area (Å²) in [7, 11) is -5.03. The van der Waals surface area contributed by atoms with E-state index in [9.17, 15) is 18.0 Å². The van der Waals surface area contributed by atoms with Gasteiger partial charge in [-0.1, -0.05) is 51.1 Å². The number of sulfonamides is 1.